The molecule has 0 radical (unpaired) electrons. The monoisotopic (exact) mass is 446 g/mol. The Morgan fingerprint density at radius 2 is 1.77 bits per heavy atom. The minimum Gasteiger partial charge on any atom is -0.478 e. The number of aliphatic imine (C=N–C) groups is 1. The molecule has 1 aliphatic heterocycles. The standard InChI is InChI=1S/C12H20N4O7.C2HF3O2/c1-4(18)15-8-5(16-12(13)14)2-7(11(21)22)23-10(8)9(20)6(19)3-17;3-2(4,5)1(6)7/h2,5-6,8-10,17,19-20H,3H2,1H3,(H,15,18)(H,21,22)(H4,13,14,16);(H,6,7)/t5-,6+,8+,9+,10+;/m0./s1. The van der Waals surface area contributed by atoms with Crippen LogP contribution in [0.4, 0.5) is 13.2 Å². The summed E-state index contributed by atoms with van der Waals surface area (Å²) >= 11 is 0. The Bertz CT molecular complexity index is 695. The average molecular weight is 446 g/mol. The molecule has 172 valence electrons. The molecule has 1 rings (SSSR count). The van der Waals surface area contributed by atoms with Gasteiger partial charge in [-0.25, -0.2) is 14.6 Å². The van der Waals surface area contributed by atoms with Crippen LogP contribution in [-0.4, -0.2) is 92.5 Å². The lowest BCUT2D eigenvalue weighted by atomic mass is 9.92. The number of rotatable bonds is 6. The first-order chi connectivity index (χ1) is 13.6. The lowest BCUT2D eigenvalue weighted by Crippen LogP contribution is -2.59. The van der Waals surface area contributed by atoms with Crippen molar-refractivity contribution in [1.82, 2.24) is 5.32 Å². The molecule has 0 aromatic rings. The number of hydrogen-bond donors (Lipinski definition) is 8. The van der Waals surface area contributed by atoms with Crippen LogP contribution in [0.3, 0.4) is 0 Å². The molecular formula is C14H21F3N4O9. The predicted octanol–water partition coefficient (Wildman–Crippen LogP) is -3.15. The van der Waals surface area contributed by atoms with Gasteiger partial charge in [0.15, 0.2) is 5.96 Å². The second-order valence-corrected chi connectivity index (χ2v) is 5.73. The Morgan fingerprint density at radius 3 is 2.10 bits per heavy atom. The highest BCUT2D eigenvalue weighted by Gasteiger charge is 2.43. The number of nitrogens with one attached hydrogen (secondary N) is 1. The first-order valence-corrected chi connectivity index (χ1v) is 7.86. The molecule has 0 aromatic carbocycles. The number of aliphatic carboxylic acids is 2. The van der Waals surface area contributed by atoms with Crippen molar-refractivity contribution < 1.29 is 57.8 Å². The fraction of sp³-hybridized carbons (Fsp3) is 0.571. The SMILES string of the molecule is CC(=O)N[C@H]1[C@H]([C@H](O)[C@H](O)CO)OC(C(=O)O)=C[C@@H]1N=C(N)N.O=C(O)C(F)(F)F. The number of carbonyl (C=O) groups excluding carboxylic acids is 1. The number of aliphatic hydroxyl groups excluding tert-OH is 3. The van der Waals surface area contributed by atoms with Crippen molar-refractivity contribution in [3.8, 4) is 0 Å². The van der Waals surface area contributed by atoms with Crippen LogP contribution >= 0.6 is 0 Å². The van der Waals surface area contributed by atoms with E-state index in [4.69, 9.17) is 36.3 Å². The van der Waals surface area contributed by atoms with Crippen LogP contribution in [0.25, 0.3) is 0 Å². The Kier molecular flexibility index (Phi) is 10.0. The van der Waals surface area contributed by atoms with Crippen molar-refractivity contribution in [1.29, 1.82) is 0 Å². The smallest absolute Gasteiger partial charge is 0.478 e. The summed E-state index contributed by atoms with van der Waals surface area (Å²) in [5, 5.41) is 47.2. The molecule has 16 heteroatoms. The van der Waals surface area contributed by atoms with Gasteiger partial charge in [-0.15, -0.1) is 0 Å². The minimum atomic E-state index is -5.08. The second kappa shape index (κ2) is 11.2. The number of hydrogen-bond acceptors (Lipinski definition) is 8. The van der Waals surface area contributed by atoms with E-state index in [0.29, 0.717) is 0 Å². The summed E-state index contributed by atoms with van der Waals surface area (Å²) in [7, 11) is 0. The van der Waals surface area contributed by atoms with Crippen LogP contribution in [0.5, 0.6) is 0 Å². The van der Waals surface area contributed by atoms with Gasteiger partial charge in [0, 0.05) is 6.92 Å². The second-order valence-electron chi connectivity index (χ2n) is 5.73. The van der Waals surface area contributed by atoms with Gasteiger partial charge < -0.3 is 47.1 Å². The molecular weight excluding hydrogens is 425 g/mol. The number of aliphatic hydroxyl groups is 3. The van der Waals surface area contributed by atoms with Crippen LogP contribution in [0.2, 0.25) is 0 Å². The molecule has 1 aliphatic rings. The molecule has 0 unspecified atom stereocenters. The highest BCUT2D eigenvalue weighted by molar-refractivity contribution is 5.85. The van der Waals surface area contributed by atoms with E-state index in [-0.39, 0.29) is 5.96 Å². The first kappa shape index (κ1) is 26.9. The highest BCUT2D eigenvalue weighted by Crippen LogP contribution is 2.24. The zero-order chi connectivity index (χ0) is 23.8. The number of carbonyl (C=O) groups is 3. The summed E-state index contributed by atoms with van der Waals surface area (Å²) < 4.78 is 36.9. The minimum absolute atomic E-state index is 0.371. The number of alkyl halides is 3. The van der Waals surface area contributed by atoms with Gasteiger partial charge in [0.1, 0.15) is 18.3 Å². The van der Waals surface area contributed by atoms with E-state index >= 15 is 0 Å². The fourth-order valence-electron chi connectivity index (χ4n) is 2.14. The quantitative estimate of drug-likeness (QED) is 0.150. The van der Waals surface area contributed by atoms with E-state index in [1.54, 1.807) is 0 Å². The molecule has 0 aliphatic carbocycles. The maximum Gasteiger partial charge on any atom is 0.490 e. The Morgan fingerprint density at radius 1 is 1.27 bits per heavy atom. The summed E-state index contributed by atoms with van der Waals surface area (Å²) in [5.41, 5.74) is 10.6. The van der Waals surface area contributed by atoms with Gasteiger partial charge in [0.25, 0.3) is 0 Å². The van der Waals surface area contributed by atoms with Crippen molar-refractivity contribution in [2.45, 2.75) is 43.5 Å². The molecule has 0 aromatic heterocycles. The van der Waals surface area contributed by atoms with Crippen molar-refractivity contribution in [2.75, 3.05) is 6.61 Å². The summed E-state index contributed by atoms with van der Waals surface area (Å²) in [6.45, 7) is 0.391. The third-order valence-electron chi connectivity index (χ3n) is 3.35. The largest absolute Gasteiger partial charge is 0.490 e. The number of guanidine groups is 1. The van der Waals surface area contributed by atoms with E-state index in [2.05, 4.69) is 10.3 Å². The van der Waals surface area contributed by atoms with Gasteiger partial charge in [-0.3, -0.25) is 4.79 Å². The van der Waals surface area contributed by atoms with Gasteiger partial charge in [0.05, 0.1) is 18.7 Å². The molecule has 0 bridgehead atoms. The number of carboxylic acids is 2. The van der Waals surface area contributed by atoms with Crippen molar-refractivity contribution in [2.24, 2.45) is 16.5 Å². The van der Waals surface area contributed by atoms with Gasteiger partial charge in [-0.05, 0) is 6.08 Å². The number of ether oxygens (including phenoxy) is 1. The number of halogens is 3. The van der Waals surface area contributed by atoms with Crippen molar-refractivity contribution >= 4 is 23.8 Å². The maximum atomic E-state index is 11.4. The van der Waals surface area contributed by atoms with Crippen LogP contribution < -0.4 is 16.8 Å². The van der Waals surface area contributed by atoms with E-state index in [1.807, 2.05) is 0 Å². The number of carboxylic acid groups (broad SMARTS) is 2. The topological polar surface area (TPSA) is 238 Å². The number of nitrogens with two attached hydrogens (primary N) is 2. The fourth-order valence-corrected chi connectivity index (χ4v) is 2.14. The van der Waals surface area contributed by atoms with E-state index in [9.17, 15) is 33.0 Å². The van der Waals surface area contributed by atoms with Gasteiger partial charge in [-0.1, -0.05) is 0 Å². The van der Waals surface area contributed by atoms with Crippen LogP contribution in [0.15, 0.2) is 16.8 Å². The predicted molar refractivity (Wildman–Crippen MR) is 90.6 cm³/mol. The van der Waals surface area contributed by atoms with Crippen LogP contribution in [-0.2, 0) is 19.1 Å². The molecule has 0 saturated carbocycles. The third-order valence-corrected chi connectivity index (χ3v) is 3.35. The molecule has 30 heavy (non-hydrogen) atoms. The van der Waals surface area contributed by atoms with Crippen molar-refractivity contribution in [3.05, 3.63) is 11.8 Å². The molecule has 10 N–H and O–H groups in total. The Balaban J connectivity index is 0.00000103. The normalized spacial score (nSPS) is 22.8. The number of amides is 1. The molecule has 0 saturated heterocycles. The number of nitrogens with zero attached hydrogens (tertiary/aromatic N) is 1. The summed E-state index contributed by atoms with van der Waals surface area (Å²) in [6.07, 6.45) is -8.73. The molecule has 13 nitrogen and oxygen atoms in total. The lowest BCUT2D eigenvalue weighted by Gasteiger charge is -2.38. The summed E-state index contributed by atoms with van der Waals surface area (Å²) in [4.78, 5) is 35.2. The Labute approximate surface area is 166 Å². The summed E-state index contributed by atoms with van der Waals surface area (Å²) in [6, 6.07) is -2.11. The average Bonchev–Trinajstić information content (AvgIpc) is 2.60. The van der Waals surface area contributed by atoms with Gasteiger partial charge in [0.2, 0.25) is 11.7 Å². The highest BCUT2D eigenvalue weighted by atomic mass is 19.4. The van der Waals surface area contributed by atoms with Crippen molar-refractivity contribution in [3.63, 3.8) is 0 Å². The maximum absolute atomic E-state index is 11.4. The molecule has 0 fully saturated rings. The van der Waals surface area contributed by atoms with E-state index < -0.39 is 66.8 Å². The summed E-state index contributed by atoms with van der Waals surface area (Å²) in [5.74, 6) is -5.65. The van der Waals surface area contributed by atoms with E-state index in [0.717, 1.165) is 6.08 Å². The Hall–Kier alpha value is -3.11. The molecule has 0 spiro atoms. The van der Waals surface area contributed by atoms with Crippen LogP contribution in [0.1, 0.15) is 6.92 Å². The lowest BCUT2D eigenvalue weighted by molar-refractivity contribution is -0.192. The molecule has 1 amide bonds. The zero-order valence-electron chi connectivity index (χ0n) is 15.3. The molecule has 5 atom stereocenters. The van der Waals surface area contributed by atoms with Gasteiger partial charge in [-0.2, -0.15) is 13.2 Å². The zero-order valence-corrected chi connectivity index (χ0v) is 15.3. The van der Waals surface area contributed by atoms with Gasteiger partial charge >= 0.3 is 18.1 Å². The third kappa shape index (κ3) is 8.50. The van der Waals surface area contributed by atoms with E-state index in [1.165, 1.54) is 6.92 Å². The van der Waals surface area contributed by atoms with Crippen LogP contribution in [0, 0.1) is 0 Å². The molecule has 1 heterocycles. The first-order valence-electron chi connectivity index (χ1n) is 7.86.